The van der Waals surface area contributed by atoms with Crippen LogP contribution in [0.1, 0.15) is 33.6 Å². The van der Waals surface area contributed by atoms with Gasteiger partial charge in [0, 0.05) is 69.8 Å². The van der Waals surface area contributed by atoms with Crippen LogP contribution in [0.25, 0.3) is 22.1 Å². The van der Waals surface area contributed by atoms with Gasteiger partial charge in [0.05, 0.1) is 95.0 Å². The van der Waals surface area contributed by atoms with E-state index < -0.39 is 21.6 Å². The van der Waals surface area contributed by atoms with Crippen molar-refractivity contribution in [2.24, 2.45) is 0 Å². The summed E-state index contributed by atoms with van der Waals surface area (Å²) in [5, 5.41) is 0.859. The third-order valence-corrected chi connectivity index (χ3v) is 10.1. The Hall–Kier alpha value is -4.17. The Labute approximate surface area is 322 Å². The van der Waals surface area contributed by atoms with E-state index in [0.717, 1.165) is 78.7 Å². The molecule has 2 aromatic carbocycles. The zero-order chi connectivity index (χ0) is 34.5. The van der Waals surface area contributed by atoms with Crippen LogP contribution in [-0.4, -0.2) is 106 Å². The van der Waals surface area contributed by atoms with Gasteiger partial charge in [-0.05, 0) is 52.0 Å². The van der Waals surface area contributed by atoms with Crippen molar-refractivity contribution in [3.05, 3.63) is 82.4 Å². The fourth-order valence-electron chi connectivity index (χ4n) is 5.22. The lowest BCUT2D eigenvalue weighted by Crippen LogP contribution is -2.05. The molecular weight excluding hydrogens is 725 g/mol. The SMILES string of the molecule is COc1ccc2nc(S(=O)Cc3ncc(C)c(OC)c3C)[nH]c2c1.COc1ccc2nc(S(=O)Cc3ncc(C)c(OC)c3C)[nH]c2c1.O.O.O.[Mg]. The molecule has 0 saturated carbocycles. The highest BCUT2D eigenvalue weighted by molar-refractivity contribution is 7.84. The minimum Gasteiger partial charge on any atom is -0.497 e. The van der Waals surface area contributed by atoms with Crippen LogP contribution >= 0.6 is 0 Å². The highest BCUT2D eigenvalue weighted by Gasteiger charge is 2.18. The third kappa shape index (κ3) is 10.0. The second-order valence-electron chi connectivity index (χ2n) is 10.9. The molecular formula is C34H44MgN6O9S2. The Balaban J connectivity index is 0.000000483. The second-order valence-corrected chi connectivity index (χ2v) is 13.7. The molecule has 0 aliphatic heterocycles. The number of nitrogens with one attached hydrogen (secondary N) is 2. The molecule has 18 heteroatoms. The number of nitrogens with zero attached hydrogens (tertiary/aromatic N) is 4. The average molecular weight is 769 g/mol. The van der Waals surface area contributed by atoms with Crippen molar-refractivity contribution >= 4 is 66.7 Å². The first kappa shape index (κ1) is 45.8. The number of aryl methyl sites for hydroxylation is 2. The van der Waals surface area contributed by atoms with Crippen LogP contribution in [0.5, 0.6) is 23.0 Å². The Kier molecular flexibility index (Phi) is 17.8. The number of hydrogen-bond acceptors (Lipinski definition) is 10. The van der Waals surface area contributed by atoms with Crippen LogP contribution in [0.4, 0.5) is 0 Å². The maximum absolute atomic E-state index is 12.7. The summed E-state index contributed by atoms with van der Waals surface area (Å²) in [5.41, 5.74) is 8.32. The molecule has 0 saturated heterocycles. The molecule has 0 spiro atoms. The lowest BCUT2D eigenvalue weighted by molar-refractivity contribution is 0.407. The quantitative estimate of drug-likeness (QED) is 0.193. The van der Waals surface area contributed by atoms with Gasteiger partial charge < -0.3 is 45.3 Å². The molecule has 0 fully saturated rings. The number of ether oxygens (including phenoxy) is 4. The number of H-pyrrole nitrogens is 2. The summed E-state index contributed by atoms with van der Waals surface area (Å²) in [6.45, 7) is 7.72. The summed E-state index contributed by atoms with van der Waals surface area (Å²) in [6.07, 6.45) is 3.48. The highest BCUT2D eigenvalue weighted by Crippen LogP contribution is 2.28. The molecule has 0 amide bonds. The smallest absolute Gasteiger partial charge is 0.197 e. The predicted octanol–water partition coefficient (Wildman–Crippen LogP) is 2.94. The Morgan fingerprint density at radius 1 is 0.596 bits per heavy atom. The molecule has 52 heavy (non-hydrogen) atoms. The molecule has 0 aliphatic carbocycles. The molecule has 8 N–H and O–H groups in total. The fraction of sp³-hybridized carbons (Fsp3) is 0.294. The number of benzene rings is 2. The van der Waals surface area contributed by atoms with Gasteiger partial charge in [-0.1, -0.05) is 0 Å². The largest absolute Gasteiger partial charge is 0.497 e. The highest BCUT2D eigenvalue weighted by atomic mass is 32.2. The van der Waals surface area contributed by atoms with Crippen molar-refractivity contribution in [1.82, 2.24) is 29.9 Å². The van der Waals surface area contributed by atoms with E-state index in [1.807, 2.05) is 64.1 Å². The first-order valence-electron chi connectivity index (χ1n) is 14.9. The number of hydrogen-bond donors (Lipinski definition) is 2. The molecule has 278 valence electrons. The van der Waals surface area contributed by atoms with Gasteiger partial charge >= 0.3 is 0 Å². The van der Waals surface area contributed by atoms with Crippen molar-refractivity contribution in [2.45, 2.75) is 49.5 Å². The number of aromatic nitrogens is 6. The summed E-state index contributed by atoms with van der Waals surface area (Å²) >= 11 is 0. The number of fused-ring (bicyclic) bond motifs is 2. The Morgan fingerprint density at radius 3 is 1.29 bits per heavy atom. The second kappa shape index (κ2) is 20.2. The Bertz CT molecular complexity index is 2010. The number of methoxy groups -OCH3 is 4. The molecule has 0 aliphatic rings. The van der Waals surface area contributed by atoms with Gasteiger partial charge in [0.2, 0.25) is 0 Å². The summed E-state index contributed by atoms with van der Waals surface area (Å²) in [5.74, 6) is 3.57. The van der Waals surface area contributed by atoms with E-state index in [2.05, 4.69) is 29.9 Å². The zero-order valence-electron chi connectivity index (χ0n) is 30.3. The van der Waals surface area contributed by atoms with Crippen molar-refractivity contribution in [1.29, 1.82) is 0 Å². The zero-order valence-corrected chi connectivity index (χ0v) is 33.3. The number of aromatic amines is 2. The van der Waals surface area contributed by atoms with Crippen LogP contribution in [0, 0.1) is 27.7 Å². The van der Waals surface area contributed by atoms with Crippen LogP contribution in [-0.2, 0) is 33.1 Å². The van der Waals surface area contributed by atoms with Crippen molar-refractivity contribution < 1.29 is 43.8 Å². The van der Waals surface area contributed by atoms with Gasteiger partial charge in [0.15, 0.2) is 10.3 Å². The fourth-order valence-corrected chi connectivity index (χ4v) is 7.42. The van der Waals surface area contributed by atoms with Crippen molar-refractivity contribution in [3.8, 4) is 23.0 Å². The average Bonchev–Trinajstić information content (AvgIpc) is 3.72. The number of pyridine rings is 2. The molecule has 2 atom stereocenters. The molecule has 6 aromatic rings. The van der Waals surface area contributed by atoms with E-state index in [9.17, 15) is 8.42 Å². The maximum atomic E-state index is 12.7. The maximum Gasteiger partial charge on any atom is 0.197 e. The summed E-state index contributed by atoms with van der Waals surface area (Å²) in [7, 11) is 3.81. The van der Waals surface area contributed by atoms with E-state index in [1.54, 1.807) is 40.8 Å². The third-order valence-electron chi connectivity index (χ3n) is 7.80. The van der Waals surface area contributed by atoms with E-state index in [4.69, 9.17) is 18.9 Å². The standard InChI is InChI=1S/2C17H19N3O3S.Mg.3H2O/c2*1-10-8-18-15(11(2)16(10)23-4)9-24(21)17-19-13-6-5-12(22-3)7-14(13)20-17;;;;/h2*5-8H,9H2,1-4H3,(H,19,20);;3*1H2. The van der Waals surface area contributed by atoms with Crippen LogP contribution in [0.2, 0.25) is 0 Å². The van der Waals surface area contributed by atoms with Gasteiger partial charge in [-0.3, -0.25) is 18.4 Å². The van der Waals surface area contributed by atoms with Crippen LogP contribution in [0.15, 0.2) is 59.1 Å². The first-order valence-corrected chi connectivity index (χ1v) is 17.5. The normalized spacial score (nSPS) is 11.4. The molecule has 2 unspecified atom stereocenters. The van der Waals surface area contributed by atoms with Crippen LogP contribution < -0.4 is 18.9 Å². The van der Waals surface area contributed by atoms with E-state index >= 15 is 0 Å². The molecule has 4 aromatic heterocycles. The minimum atomic E-state index is -1.33. The molecule has 15 nitrogen and oxygen atoms in total. The monoisotopic (exact) mass is 768 g/mol. The lowest BCUT2D eigenvalue weighted by atomic mass is 10.1. The number of imidazole rings is 2. The van der Waals surface area contributed by atoms with Gasteiger partial charge in [-0.15, -0.1) is 0 Å². The van der Waals surface area contributed by atoms with Gasteiger partial charge in [-0.25, -0.2) is 9.97 Å². The summed E-state index contributed by atoms with van der Waals surface area (Å²) in [6, 6.07) is 11.0. The van der Waals surface area contributed by atoms with Gasteiger partial charge in [-0.2, -0.15) is 0 Å². The molecule has 6 rings (SSSR count). The topological polar surface area (TPSA) is 249 Å². The van der Waals surface area contributed by atoms with Gasteiger partial charge in [0.25, 0.3) is 0 Å². The Morgan fingerprint density at radius 2 is 0.962 bits per heavy atom. The molecule has 4 heterocycles. The van der Waals surface area contributed by atoms with E-state index in [1.165, 1.54) is 0 Å². The van der Waals surface area contributed by atoms with E-state index in [0.29, 0.717) is 10.3 Å². The van der Waals surface area contributed by atoms with E-state index in [-0.39, 0.29) is 51.0 Å². The molecule has 0 bridgehead atoms. The molecule has 2 radical (unpaired) electrons. The number of rotatable bonds is 10. The first-order chi connectivity index (χ1) is 23.1. The van der Waals surface area contributed by atoms with Crippen molar-refractivity contribution in [3.63, 3.8) is 0 Å². The lowest BCUT2D eigenvalue weighted by Gasteiger charge is -2.11. The predicted molar refractivity (Wildman–Crippen MR) is 203 cm³/mol. The summed E-state index contributed by atoms with van der Waals surface area (Å²) < 4.78 is 46.5. The summed E-state index contributed by atoms with van der Waals surface area (Å²) in [4.78, 5) is 23.8. The minimum absolute atomic E-state index is 0. The van der Waals surface area contributed by atoms with Crippen molar-refractivity contribution in [2.75, 3.05) is 28.4 Å². The van der Waals surface area contributed by atoms with Gasteiger partial charge in [0.1, 0.15) is 23.0 Å². The van der Waals surface area contributed by atoms with Crippen LogP contribution in [0.3, 0.4) is 0 Å².